The molecule has 146 valence electrons. The summed E-state index contributed by atoms with van der Waals surface area (Å²) in [6, 6.07) is 14.1. The highest BCUT2D eigenvalue weighted by Crippen LogP contribution is 2.43. The third-order valence-corrected chi connectivity index (χ3v) is 5.66. The summed E-state index contributed by atoms with van der Waals surface area (Å²) >= 11 is 1.43. The molecule has 0 spiro atoms. The highest BCUT2D eigenvalue weighted by Gasteiger charge is 2.47. The number of benzene rings is 2. The molecule has 1 aliphatic rings. The van der Waals surface area contributed by atoms with Crippen molar-refractivity contribution in [2.75, 3.05) is 0 Å². The van der Waals surface area contributed by atoms with E-state index in [1.807, 2.05) is 17.5 Å². The molecule has 0 saturated carbocycles. The lowest BCUT2D eigenvalue weighted by Crippen LogP contribution is -2.28. The van der Waals surface area contributed by atoms with E-state index in [4.69, 9.17) is 0 Å². The van der Waals surface area contributed by atoms with E-state index in [1.165, 1.54) is 34.4 Å². The Bertz CT molecular complexity index is 1110. The molecule has 7 heteroatoms. The van der Waals surface area contributed by atoms with Crippen LogP contribution in [0.15, 0.2) is 71.6 Å². The maximum Gasteiger partial charge on any atom is 0.295 e. The van der Waals surface area contributed by atoms with Crippen molar-refractivity contribution in [1.29, 1.82) is 0 Å². The topological polar surface area (TPSA) is 77.8 Å². The molecule has 5 nitrogen and oxygen atoms in total. The fraction of sp³-hybridized carbons (Fsp3) is 0.0909. The molecule has 2 heterocycles. The molecule has 1 aromatic heterocycles. The number of carbonyl (C=O) groups is 2. The fourth-order valence-corrected chi connectivity index (χ4v) is 4.12. The van der Waals surface area contributed by atoms with Gasteiger partial charge in [0.25, 0.3) is 11.7 Å². The Morgan fingerprint density at radius 2 is 1.76 bits per heavy atom. The summed E-state index contributed by atoms with van der Waals surface area (Å²) in [5.74, 6) is -2.62. The fourth-order valence-electron chi connectivity index (χ4n) is 3.42. The highest BCUT2D eigenvalue weighted by atomic mass is 32.1. The molecule has 2 aromatic carbocycles. The van der Waals surface area contributed by atoms with Crippen molar-refractivity contribution in [1.82, 2.24) is 4.90 Å². The number of hydrogen-bond acceptors (Lipinski definition) is 5. The number of nitrogens with zero attached hydrogens (tertiary/aromatic N) is 1. The van der Waals surface area contributed by atoms with Crippen LogP contribution in [-0.4, -0.2) is 26.8 Å². The summed E-state index contributed by atoms with van der Waals surface area (Å²) in [6.07, 6.45) is 0. The summed E-state index contributed by atoms with van der Waals surface area (Å²) < 4.78 is 13.3. The lowest BCUT2D eigenvalue weighted by atomic mass is 9.94. The molecule has 1 fully saturated rings. The normalized spacial score (nSPS) is 18.4. The van der Waals surface area contributed by atoms with Crippen molar-refractivity contribution in [3.8, 4) is 5.75 Å². The number of Topliss-reactive ketones (excluding diaryl/α,β-unsaturated/α-hetero) is 1. The van der Waals surface area contributed by atoms with E-state index in [0.29, 0.717) is 5.56 Å². The van der Waals surface area contributed by atoms with Crippen LogP contribution in [0.1, 0.15) is 22.0 Å². The van der Waals surface area contributed by atoms with Crippen LogP contribution >= 0.6 is 11.3 Å². The number of rotatable bonds is 4. The number of aromatic hydroxyl groups is 1. The van der Waals surface area contributed by atoms with Crippen LogP contribution < -0.4 is 0 Å². The molecule has 1 unspecified atom stereocenters. The number of ketones is 1. The minimum Gasteiger partial charge on any atom is -0.508 e. The molecule has 1 aliphatic heterocycles. The summed E-state index contributed by atoms with van der Waals surface area (Å²) in [5.41, 5.74) is 0.396. The summed E-state index contributed by atoms with van der Waals surface area (Å²) in [5, 5.41) is 23.1. The second kappa shape index (κ2) is 7.52. The molecule has 0 bridgehead atoms. The summed E-state index contributed by atoms with van der Waals surface area (Å²) in [6.45, 7) is 0.154. The van der Waals surface area contributed by atoms with E-state index >= 15 is 0 Å². The smallest absolute Gasteiger partial charge is 0.295 e. The number of amides is 1. The zero-order chi connectivity index (χ0) is 20.5. The first-order valence-corrected chi connectivity index (χ1v) is 9.70. The quantitative estimate of drug-likeness (QED) is 0.384. The van der Waals surface area contributed by atoms with Crippen LogP contribution in [0.25, 0.3) is 5.76 Å². The number of likely N-dealkylation sites (tertiary alicyclic amines) is 1. The zero-order valence-electron chi connectivity index (χ0n) is 15.1. The molecule has 3 aromatic rings. The Kier molecular flexibility index (Phi) is 4.90. The Morgan fingerprint density at radius 1 is 1.03 bits per heavy atom. The Balaban J connectivity index is 1.89. The number of hydrogen-bond donors (Lipinski definition) is 2. The molecule has 2 N–H and O–H groups in total. The van der Waals surface area contributed by atoms with Gasteiger partial charge in [-0.3, -0.25) is 9.59 Å². The Labute approximate surface area is 170 Å². The molecular weight excluding hydrogens is 393 g/mol. The van der Waals surface area contributed by atoms with Crippen LogP contribution in [0, 0.1) is 5.82 Å². The maximum atomic E-state index is 13.3. The molecule has 1 atom stereocenters. The van der Waals surface area contributed by atoms with E-state index in [2.05, 4.69) is 0 Å². The predicted octanol–water partition coefficient (Wildman–Crippen LogP) is 4.21. The van der Waals surface area contributed by atoms with Gasteiger partial charge in [0, 0.05) is 16.0 Å². The molecule has 29 heavy (non-hydrogen) atoms. The molecule has 0 aliphatic carbocycles. The van der Waals surface area contributed by atoms with Crippen molar-refractivity contribution in [2.24, 2.45) is 0 Å². The van der Waals surface area contributed by atoms with Gasteiger partial charge in [-0.25, -0.2) is 4.39 Å². The first-order chi connectivity index (χ1) is 14.0. The second-order valence-electron chi connectivity index (χ2n) is 6.57. The minimum absolute atomic E-state index is 0.0967. The molecule has 4 rings (SSSR count). The third-order valence-electron chi connectivity index (χ3n) is 4.80. The van der Waals surface area contributed by atoms with E-state index in [0.717, 1.165) is 17.0 Å². The van der Waals surface area contributed by atoms with Gasteiger partial charge >= 0.3 is 0 Å². The standard InChI is InChI=1S/C22H16FNO4S/c23-14-9-7-13(8-10-14)20(26)18-19(16-5-1-2-6-17(16)25)24(22(28)21(18)27)12-15-4-3-11-29-15/h1-11,19,25-26H,12H2/b20-18+. The second-order valence-corrected chi connectivity index (χ2v) is 7.60. The monoisotopic (exact) mass is 409 g/mol. The van der Waals surface area contributed by atoms with E-state index in [1.54, 1.807) is 18.2 Å². The van der Waals surface area contributed by atoms with Crippen LogP contribution in [0.5, 0.6) is 5.75 Å². The average molecular weight is 409 g/mol. The third kappa shape index (κ3) is 3.40. The lowest BCUT2D eigenvalue weighted by Gasteiger charge is -2.25. The van der Waals surface area contributed by atoms with Crippen molar-refractivity contribution < 1.29 is 24.2 Å². The molecule has 1 amide bonds. The predicted molar refractivity (Wildman–Crippen MR) is 107 cm³/mol. The van der Waals surface area contributed by atoms with Crippen LogP contribution in [-0.2, 0) is 16.1 Å². The SMILES string of the molecule is O=C1C(=O)N(Cc2cccs2)C(c2ccccc2O)/C1=C(\O)c1ccc(F)cc1. The number of halogens is 1. The Hall–Kier alpha value is -3.45. The number of aliphatic hydroxyl groups is 1. The van der Waals surface area contributed by atoms with E-state index < -0.39 is 29.3 Å². The van der Waals surface area contributed by atoms with Gasteiger partial charge in [-0.05, 0) is 41.8 Å². The van der Waals surface area contributed by atoms with E-state index in [9.17, 15) is 24.2 Å². The largest absolute Gasteiger partial charge is 0.508 e. The summed E-state index contributed by atoms with van der Waals surface area (Å²) in [7, 11) is 0. The van der Waals surface area contributed by atoms with Gasteiger partial charge in [0.1, 0.15) is 17.3 Å². The molecular formula is C22H16FNO4S. The lowest BCUT2D eigenvalue weighted by molar-refractivity contribution is -0.140. The van der Waals surface area contributed by atoms with Gasteiger partial charge in [-0.1, -0.05) is 24.3 Å². The van der Waals surface area contributed by atoms with Gasteiger partial charge in [0.2, 0.25) is 0 Å². The average Bonchev–Trinajstić information content (AvgIpc) is 3.31. The van der Waals surface area contributed by atoms with Gasteiger partial charge in [0.15, 0.2) is 0 Å². The number of thiophene rings is 1. The van der Waals surface area contributed by atoms with Crippen LogP contribution in [0.2, 0.25) is 0 Å². The number of phenolic OH excluding ortho intramolecular Hbond substituents is 1. The Morgan fingerprint density at radius 3 is 2.41 bits per heavy atom. The highest BCUT2D eigenvalue weighted by molar-refractivity contribution is 7.09. The van der Waals surface area contributed by atoms with Gasteiger partial charge in [-0.15, -0.1) is 11.3 Å². The zero-order valence-corrected chi connectivity index (χ0v) is 15.9. The number of para-hydroxylation sites is 1. The molecule has 0 radical (unpaired) electrons. The van der Waals surface area contributed by atoms with Crippen LogP contribution in [0.4, 0.5) is 4.39 Å². The summed E-state index contributed by atoms with van der Waals surface area (Å²) in [4.78, 5) is 27.9. The minimum atomic E-state index is -0.969. The number of carbonyl (C=O) groups excluding carboxylic acids is 2. The van der Waals surface area contributed by atoms with Crippen molar-refractivity contribution in [3.63, 3.8) is 0 Å². The van der Waals surface area contributed by atoms with Crippen molar-refractivity contribution in [3.05, 3.63) is 93.4 Å². The van der Waals surface area contributed by atoms with Crippen molar-refractivity contribution >= 4 is 28.8 Å². The van der Waals surface area contributed by atoms with Gasteiger partial charge in [0.05, 0.1) is 18.2 Å². The first kappa shape index (κ1) is 18.9. The van der Waals surface area contributed by atoms with Crippen molar-refractivity contribution in [2.45, 2.75) is 12.6 Å². The van der Waals surface area contributed by atoms with Gasteiger partial charge < -0.3 is 15.1 Å². The number of aliphatic hydroxyl groups excluding tert-OH is 1. The number of phenols is 1. The van der Waals surface area contributed by atoms with Gasteiger partial charge in [-0.2, -0.15) is 0 Å². The maximum absolute atomic E-state index is 13.3. The molecule has 1 saturated heterocycles. The first-order valence-electron chi connectivity index (χ1n) is 8.82. The van der Waals surface area contributed by atoms with Crippen LogP contribution in [0.3, 0.4) is 0 Å². The van der Waals surface area contributed by atoms with E-state index in [-0.39, 0.29) is 23.4 Å².